The number of nitrogens with zero attached hydrogens (tertiary/aromatic N) is 4. The first kappa shape index (κ1) is 15.2. The molecule has 2 rings (SSSR count). The lowest BCUT2D eigenvalue weighted by Crippen LogP contribution is -2.29. The van der Waals surface area contributed by atoms with Crippen LogP contribution < -0.4 is 5.32 Å². The minimum atomic E-state index is 0.354. The van der Waals surface area contributed by atoms with E-state index in [1.54, 1.807) is 0 Å². The Balaban J connectivity index is 2.15. The Morgan fingerprint density at radius 2 is 2.00 bits per heavy atom. The fourth-order valence-electron chi connectivity index (χ4n) is 2.39. The number of benzene rings is 1. The van der Waals surface area contributed by atoms with Crippen LogP contribution in [0.5, 0.6) is 0 Å². The molecular weight excluding hydrogens is 262 g/mol. The molecule has 0 bridgehead atoms. The third-order valence-electron chi connectivity index (χ3n) is 3.49. The third kappa shape index (κ3) is 3.67. The van der Waals surface area contributed by atoms with Crippen molar-refractivity contribution in [1.29, 1.82) is 5.26 Å². The van der Waals surface area contributed by atoms with Crippen LogP contribution in [0.4, 0.5) is 5.69 Å². The maximum atomic E-state index is 9.21. The van der Waals surface area contributed by atoms with Gasteiger partial charge >= 0.3 is 0 Å². The van der Waals surface area contributed by atoms with Crippen LogP contribution in [0.25, 0.3) is 10.9 Å². The van der Waals surface area contributed by atoms with E-state index in [9.17, 15) is 5.26 Å². The Hall–Kier alpha value is -2.19. The second-order valence-corrected chi connectivity index (χ2v) is 4.91. The molecule has 5 nitrogen and oxygen atoms in total. The normalized spacial score (nSPS) is 10.8. The van der Waals surface area contributed by atoms with Gasteiger partial charge in [0.15, 0.2) is 5.69 Å². The van der Waals surface area contributed by atoms with E-state index in [0.29, 0.717) is 5.69 Å². The van der Waals surface area contributed by atoms with Crippen molar-refractivity contribution in [2.45, 2.75) is 20.3 Å². The van der Waals surface area contributed by atoms with Gasteiger partial charge in [-0.25, -0.2) is 0 Å². The summed E-state index contributed by atoms with van der Waals surface area (Å²) in [7, 11) is 0. The van der Waals surface area contributed by atoms with E-state index in [0.717, 1.165) is 49.2 Å². The number of nitrogens with one attached hydrogen (secondary N) is 1. The molecule has 110 valence electrons. The zero-order chi connectivity index (χ0) is 15.1. The molecule has 2 aromatic rings. The highest BCUT2D eigenvalue weighted by Gasteiger charge is 2.10. The van der Waals surface area contributed by atoms with Crippen molar-refractivity contribution in [2.24, 2.45) is 0 Å². The van der Waals surface area contributed by atoms with Crippen LogP contribution in [-0.4, -0.2) is 41.3 Å². The Bertz CT molecular complexity index is 632. The molecule has 0 unspecified atom stereocenters. The van der Waals surface area contributed by atoms with Crippen molar-refractivity contribution in [3.05, 3.63) is 30.0 Å². The first-order valence-electron chi connectivity index (χ1n) is 7.41. The van der Waals surface area contributed by atoms with Crippen molar-refractivity contribution in [2.75, 3.05) is 31.5 Å². The zero-order valence-corrected chi connectivity index (χ0v) is 12.6. The average molecular weight is 283 g/mol. The summed E-state index contributed by atoms with van der Waals surface area (Å²) in [5, 5.41) is 21.6. The van der Waals surface area contributed by atoms with E-state index in [2.05, 4.69) is 40.3 Å². The van der Waals surface area contributed by atoms with Gasteiger partial charge in [0.25, 0.3) is 0 Å². The molecule has 0 aliphatic heterocycles. The first-order valence-corrected chi connectivity index (χ1v) is 7.41. The number of aromatic nitrogens is 2. The molecule has 0 spiro atoms. The third-order valence-corrected chi connectivity index (χ3v) is 3.49. The largest absolute Gasteiger partial charge is 0.381 e. The van der Waals surface area contributed by atoms with Crippen LogP contribution in [0.2, 0.25) is 0 Å². The topological polar surface area (TPSA) is 64.8 Å². The molecule has 0 aliphatic carbocycles. The molecule has 0 saturated heterocycles. The molecule has 1 N–H and O–H groups in total. The zero-order valence-electron chi connectivity index (χ0n) is 12.6. The summed E-state index contributed by atoms with van der Waals surface area (Å²) >= 11 is 0. The molecule has 5 heteroatoms. The van der Waals surface area contributed by atoms with Gasteiger partial charge in [0.05, 0.1) is 11.2 Å². The fourth-order valence-corrected chi connectivity index (χ4v) is 2.39. The van der Waals surface area contributed by atoms with Crippen LogP contribution in [-0.2, 0) is 0 Å². The number of hydrogen-bond acceptors (Lipinski definition) is 5. The van der Waals surface area contributed by atoms with Crippen molar-refractivity contribution in [1.82, 2.24) is 15.1 Å². The predicted octanol–water partition coefficient (Wildman–Crippen LogP) is 2.65. The Morgan fingerprint density at radius 3 is 2.71 bits per heavy atom. The molecule has 1 aromatic carbocycles. The quantitative estimate of drug-likeness (QED) is 0.846. The summed E-state index contributed by atoms with van der Waals surface area (Å²) in [6.07, 6.45) is 1.15. The lowest BCUT2D eigenvalue weighted by atomic mass is 10.1. The summed E-state index contributed by atoms with van der Waals surface area (Å²) in [6, 6.07) is 9.86. The molecule has 0 saturated carbocycles. The summed E-state index contributed by atoms with van der Waals surface area (Å²) in [6.45, 7) is 8.22. The number of fused-ring (bicyclic) bond motifs is 1. The van der Waals surface area contributed by atoms with Crippen LogP contribution >= 0.6 is 0 Å². The van der Waals surface area contributed by atoms with E-state index in [1.165, 1.54) is 0 Å². The molecule has 0 aliphatic rings. The van der Waals surface area contributed by atoms with Gasteiger partial charge in [0, 0.05) is 18.5 Å². The number of hydrogen-bond donors (Lipinski definition) is 1. The highest BCUT2D eigenvalue weighted by Crippen LogP contribution is 2.23. The van der Waals surface area contributed by atoms with Gasteiger partial charge in [-0.05, 0) is 25.6 Å². The van der Waals surface area contributed by atoms with Gasteiger partial charge < -0.3 is 10.2 Å². The second kappa shape index (κ2) is 7.55. The van der Waals surface area contributed by atoms with Crippen molar-refractivity contribution >= 4 is 16.6 Å². The minimum Gasteiger partial charge on any atom is -0.381 e. The van der Waals surface area contributed by atoms with Gasteiger partial charge in [-0.3, -0.25) is 0 Å². The van der Waals surface area contributed by atoms with Gasteiger partial charge in [-0.2, -0.15) is 5.26 Å². The van der Waals surface area contributed by atoms with E-state index >= 15 is 0 Å². The minimum absolute atomic E-state index is 0.354. The van der Waals surface area contributed by atoms with Crippen molar-refractivity contribution in [3.8, 4) is 6.07 Å². The van der Waals surface area contributed by atoms with E-state index in [1.807, 2.05) is 24.3 Å². The first-order chi connectivity index (χ1) is 10.3. The van der Waals surface area contributed by atoms with Gasteiger partial charge in [0.1, 0.15) is 6.07 Å². The molecule has 1 aromatic heterocycles. The predicted molar refractivity (Wildman–Crippen MR) is 85.1 cm³/mol. The lowest BCUT2D eigenvalue weighted by Gasteiger charge is -2.20. The van der Waals surface area contributed by atoms with Crippen molar-refractivity contribution in [3.63, 3.8) is 0 Å². The highest BCUT2D eigenvalue weighted by molar-refractivity contribution is 5.92. The summed E-state index contributed by atoms with van der Waals surface area (Å²) in [4.78, 5) is 2.38. The van der Waals surface area contributed by atoms with Crippen LogP contribution in [0.1, 0.15) is 26.0 Å². The molecule has 21 heavy (non-hydrogen) atoms. The molecule has 0 amide bonds. The van der Waals surface area contributed by atoms with E-state index < -0.39 is 0 Å². The van der Waals surface area contributed by atoms with Gasteiger partial charge in [0.2, 0.25) is 0 Å². The highest BCUT2D eigenvalue weighted by atomic mass is 15.1. The number of likely N-dealkylation sites (N-methyl/N-ethyl adjacent to an activating group) is 1. The maximum absolute atomic E-state index is 9.21. The van der Waals surface area contributed by atoms with Gasteiger partial charge in [-0.15, -0.1) is 10.2 Å². The Kier molecular flexibility index (Phi) is 5.47. The fraction of sp³-hybridized carbons (Fsp3) is 0.438. The summed E-state index contributed by atoms with van der Waals surface area (Å²) < 4.78 is 0. The number of anilines is 1. The molecule has 0 fully saturated rings. The maximum Gasteiger partial charge on any atom is 0.186 e. The van der Waals surface area contributed by atoms with Crippen LogP contribution in [0, 0.1) is 11.3 Å². The Labute approximate surface area is 125 Å². The lowest BCUT2D eigenvalue weighted by molar-refractivity contribution is 0.300. The summed E-state index contributed by atoms with van der Waals surface area (Å²) in [5.74, 6) is 0. The summed E-state index contributed by atoms with van der Waals surface area (Å²) in [5.41, 5.74) is 1.95. The van der Waals surface area contributed by atoms with Crippen molar-refractivity contribution < 1.29 is 0 Å². The monoisotopic (exact) mass is 283 g/mol. The van der Waals surface area contributed by atoms with Crippen LogP contribution in [0.3, 0.4) is 0 Å². The molecular formula is C16H21N5. The number of rotatable bonds is 7. The van der Waals surface area contributed by atoms with E-state index in [4.69, 9.17) is 0 Å². The standard InChI is InChI=1S/C16H21N5/c1-3-10-21(4-2)11-9-18-16-13-7-5-6-8-14(13)19-20-15(16)12-17/h5-8H,3-4,9-11H2,1-2H3,(H,18,19). The van der Waals surface area contributed by atoms with E-state index in [-0.39, 0.29) is 0 Å². The Morgan fingerprint density at radius 1 is 1.19 bits per heavy atom. The molecule has 1 heterocycles. The number of nitriles is 1. The second-order valence-electron chi connectivity index (χ2n) is 4.91. The van der Waals surface area contributed by atoms with Gasteiger partial charge in [-0.1, -0.05) is 32.0 Å². The molecule has 0 atom stereocenters. The average Bonchev–Trinajstić information content (AvgIpc) is 2.54. The smallest absolute Gasteiger partial charge is 0.186 e. The molecule has 0 radical (unpaired) electrons. The van der Waals surface area contributed by atoms with Crippen LogP contribution in [0.15, 0.2) is 24.3 Å². The SMILES string of the molecule is CCCN(CC)CCNc1c(C#N)nnc2ccccc12.